The lowest BCUT2D eigenvalue weighted by Gasteiger charge is -2.12. The third-order valence-corrected chi connectivity index (χ3v) is 5.77. The highest BCUT2D eigenvalue weighted by Crippen LogP contribution is 2.66. The molecule has 98 valence electrons. The van der Waals surface area contributed by atoms with Crippen LogP contribution in [0, 0.1) is 23.7 Å². The molecule has 0 spiro atoms. The maximum atomic E-state index is 4.66. The van der Waals surface area contributed by atoms with Crippen molar-refractivity contribution >= 4 is 16.7 Å². The van der Waals surface area contributed by atoms with Gasteiger partial charge in [0.2, 0.25) is 5.13 Å². The van der Waals surface area contributed by atoms with E-state index in [4.69, 9.17) is 0 Å². The largest absolute Gasteiger partial charge is 0.357 e. The lowest BCUT2D eigenvalue weighted by molar-refractivity contribution is 0.456. The van der Waals surface area contributed by atoms with Gasteiger partial charge in [-0.2, -0.15) is 4.37 Å². The Morgan fingerprint density at radius 3 is 2.39 bits per heavy atom. The van der Waals surface area contributed by atoms with Gasteiger partial charge in [-0.25, -0.2) is 4.98 Å². The van der Waals surface area contributed by atoms with Gasteiger partial charge in [0.15, 0.2) is 0 Å². The summed E-state index contributed by atoms with van der Waals surface area (Å²) in [6, 6.07) is 0.719. The van der Waals surface area contributed by atoms with Crippen molar-refractivity contribution < 1.29 is 0 Å². The Kier molecular flexibility index (Phi) is 2.16. The second-order valence-electron chi connectivity index (χ2n) is 7.33. The van der Waals surface area contributed by atoms with Crippen LogP contribution >= 0.6 is 11.5 Å². The summed E-state index contributed by atoms with van der Waals surface area (Å²) in [4.78, 5) is 4.66. The van der Waals surface area contributed by atoms with Crippen LogP contribution in [0.15, 0.2) is 0 Å². The first-order chi connectivity index (χ1) is 8.54. The molecule has 0 amide bonds. The molecule has 0 aliphatic heterocycles. The summed E-state index contributed by atoms with van der Waals surface area (Å²) in [5.41, 5.74) is 0.0644. The first-order valence-electron chi connectivity index (χ1n) is 7.15. The van der Waals surface area contributed by atoms with Crippen molar-refractivity contribution in [2.24, 2.45) is 23.7 Å². The lowest BCUT2D eigenvalue weighted by Crippen LogP contribution is -2.15. The van der Waals surface area contributed by atoms with Gasteiger partial charge in [-0.1, -0.05) is 20.8 Å². The second kappa shape index (κ2) is 3.47. The van der Waals surface area contributed by atoms with Gasteiger partial charge < -0.3 is 5.32 Å². The van der Waals surface area contributed by atoms with Crippen molar-refractivity contribution in [1.29, 1.82) is 0 Å². The van der Waals surface area contributed by atoms with Crippen LogP contribution in [0.5, 0.6) is 0 Å². The Labute approximate surface area is 113 Å². The SMILES string of the molecule is CC(C)(C)c1nsc(NC2C3C4CCC(C4)C23)n1. The molecule has 3 saturated carbocycles. The van der Waals surface area contributed by atoms with Crippen LogP contribution in [-0.4, -0.2) is 15.4 Å². The Morgan fingerprint density at radius 1 is 1.17 bits per heavy atom. The number of nitrogens with one attached hydrogen (secondary N) is 1. The average Bonchev–Trinajstić information content (AvgIpc) is 2.75. The van der Waals surface area contributed by atoms with Crippen molar-refractivity contribution in [3.05, 3.63) is 5.82 Å². The standard InChI is InChI=1S/C14H21N3S/c1-14(2,3)12-16-13(18-17-12)15-11-9-7-4-5-8(6-7)10(9)11/h7-11H,4-6H2,1-3H3,(H,15,16,17). The molecule has 18 heavy (non-hydrogen) atoms. The van der Waals surface area contributed by atoms with E-state index in [9.17, 15) is 0 Å². The summed E-state index contributed by atoms with van der Waals surface area (Å²) in [5, 5.41) is 4.70. The first-order valence-corrected chi connectivity index (χ1v) is 7.92. The van der Waals surface area contributed by atoms with E-state index in [-0.39, 0.29) is 5.41 Å². The third-order valence-electron chi connectivity index (χ3n) is 5.12. The summed E-state index contributed by atoms with van der Waals surface area (Å²) in [6.07, 6.45) is 4.47. The molecule has 4 unspecified atom stereocenters. The van der Waals surface area contributed by atoms with E-state index >= 15 is 0 Å². The van der Waals surface area contributed by atoms with Crippen LogP contribution in [0.25, 0.3) is 0 Å². The zero-order valence-electron chi connectivity index (χ0n) is 11.3. The molecule has 1 heterocycles. The summed E-state index contributed by atoms with van der Waals surface area (Å²) in [5.74, 6) is 4.94. The van der Waals surface area contributed by atoms with Crippen molar-refractivity contribution in [2.45, 2.75) is 51.5 Å². The molecule has 1 N–H and O–H groups in total. The molecule has 1 aromatic rings. The molecule has 3 fully saturated rings. The van der Waals surface area contributed by atoms with Crippen LogP contribution < -0.4 is 5.32 Å². The fourth-order valence-corrected chi connectivity index (χ4v) is 5.05. The molecule has 0 radical (unpaired) electrons. The van der Waals surface area contributed by atoms with Crippen LogP contribution in [0.4, 0.5) is 5.13 Å². The maximum Gasteiger partial charge on any atom is 0.202 e. The molecule has 4 atom stereocenters. The predicted octanol–water partition coefficient (Wildman–Crippen LogP) is 3.29. The third kappa shape index (κ3) is 1.54. The number of aromatic nitrogens is 2. The van der Waals surface area contributed by atoms with Gasteiger partial charge in [-0.15, -0.1) is 0 Å². The minimum Gasteiger partial charge on any atom is -0.357 e. The van der Waals surface area contributed by atoms with Crippen molar-refractivity contribution in [2.75, 3.05) is 5.32 Å². The predicted molar refractivity (Wildman–Crippen MR) is 73.8 cm³/mol. The minimum atomic E-state index is 0.0644. The zero-order valence-corrected chi connectivity index (χ0v) is 12.1. The van der Waals surface area contributed by atoms with E-state index in [2.05, 4.69) is 35.4 Å². The van der Waals surface area contributed by atoms with Crippen molar-refractivity contribution in [3.8, 4) is 0 Å². The molecule has 0 saturated heterocycles. The molecule has 2 bridgehead atoms. The van der Waals surface area contributed by atoms with Gasteiger partial charge in [0.1, 0.15) is 5.82 Å². The molecule has 3 nitrogen and oxygen atoms in total. The fourth-order valence-electron chi connectivity index (χ4n) is 4.25. The van der Waals surface area contributed by atoms with E-state index < -0.39 is 0 Å². The Morgan fingerprint density at radius 2 is 1.83 bits per heavy atom. The Hall–Kier alpha value is -0.640. The van der Waals surface area contributed by atoms with E-state index in [1.807, 2.05) is 0 Å². The number of anilines is 1. The highest BCUT2D eigenvalue weighted by atomic mass is 32.1. The number of hydrogen-bond donors (Lipinski definition) is 1. The van der Waals surface area contributed by atoms with E-state index in [1.165, 1.54) is 30.8 Å². The normalized spacial score (nSPS) is 40.9. The zero-order chi connectivity index (χ0) is 12.5. The highest BCUT2D eigenvalue weighted by Gasteiger charge is 2.65. The van der Waals surface area contributed by atoms with E-state index in [0.29, 0.717) is 0 Å². The smallest absolute Gasteiger partial charge is 0.202 e. The summed E-state index contributed by atoms with van der Waals surface area (Å²) in [6.45, 7) is 6.51. The van der Waals surface area contributed by atoms with Gasteiger partial charge >= 0.3 is 0 Å². The minimum absolute atomic E-state index is 0.0644. The van der Waals surface area contributed by atoms with Crippen molar-refractivity contribution in [1.82, 2.24) is 9.36 Å². The number of rotatable bonds is 2. The Balaban J connectivity index is 1.46. The second-order valence-corrected chi connectivity index (χ2v) is 8.08. The van der Waals surface area contributed by atoms with Crippen LogP contribution in [0.3, 0.4) is 0 Å². The van der Waals surface area contributed by atoms with Gasteiger partial charge in [0.25, 0.3) is 0 Å². The summed E-state index contributed by atoms with van der Waals surface area (Å²) >= 11 is 1.53. The number of nitrogens with zero attached hydrogens (tertiary/aromatic N) is 2. The first kappa shape index (κ1) is 11.2. The number of hydrogen-bond acceptors (Lipinski definition) is 4. The van der Waals surface area contributed by atoms with Gasteiger partial charge in [-0.05, 0) is 42.9 Å². The highest BCUT2D eigenvalue weighted by molar-refractivity contribution is 7.09. The van der Waals surface area contributed by atoms with E-state index in [1.54, 1.807) is 0 Å². The monoisotopic (exact) mass is 263 g/mol. The molecule has 0 aromatic carbocycles. The maximum absolute atomic E-state index is 4.66. The van der Waals surface area contributed by atoms with Crippen LogP contribution in [0.1, 0.15) is 45.9 Å². The number of fused-ring (bicyclic) bond motifs is 5. The van der Waals surface area contributed by atoms with Gasteiger partial charge in [0.05, 0.1) is 0 Å². The van der Waals surface area contributed by atoms with E-state index in [0.717, 1.165) is 40.7 Å². The molecular weight excluding hydrogens is 242 g/mol. The Bertz CT molecular complexity index is 460. The van der Waals surface area contributed by atoms with Crippen molar-refractivity contribution in [3.63, 3.8) is 0 Å². The van der Waals surface area contributed by atoms with Gasteiger partial charge in [0, 0.05) is 23.0 Å². The fraction of sp³-hybridized carbons (Fsp3) is 0.857. The quantitative estimate of drug-likeness (QED) is 0.889. The molecular formula is C14H21N3S. The molecule has 1 aromatic heterocycles. The van der Waals surface area contributed by atoms with Crippen LogP contribution in [-0.2, 0) is 5.41 Å². The van der Waals surface area contributed by atoms with Gasteiger partial charge in [-0.3, -0.25) is 0 Å². The topological polar surface area (TPSA) is 37.8 Å². The average molecular weight is 263 g/mol. The summed E-state index contributed by atoms with van der Waals surface area (Å²) < 4.78 is 4.48. The molecule has 4 rings (SSSR count). The summed E-state index contributed by atoms with van der Waals surface area (Å²) in [7, 11) is 0. The lowest BCUT2D eigenvalue weighted by atomic mass is 9.96. The molecule has 3 aliphatic carbocycles. The van der Waals surface area contributed by atoms with Crippen LogP contribution in [0.2, 0.25) is 0 Å². The molecule has 3 aliphatic rings. The molecule has 4 heteroatoms.